The third-order valence-electron chi connectivity index (χ3n) is 5.53. The van der Waals surface area contributed by atoms with Crippen LogP contribution in [0.15, 0.2) is 36.4 Å². The Kier molecular flexibility index (Phi) is 6.85. The maximum atomic E-state index is 12.5. The molecule has 0 spiro atoms. The molecule has 0 saturated carbocycles. The highest BCUT2D eigenvalue weighted by Gasteiger charge is 2.22. The Labute approximate surface area is 168 Å². The second-order valence-electron chi connectivity index (χ2n) is 7.20. The lowest BCUT2D eigenvalue weighted by Gasteiger charge is -2.35. The van der Waals surface area contributed by atoms with Crippen LogP contribution in [0.4, 0.5) is 17.2 Å². The van der Waals surface area contributed by atoms with Crippen LogP contribution in [0.2, 0.25) is 0 Å². The zero-order valence-corrected chi connectivity index (χ0v) is 17.2. The van der Waals surface area contributed by atoms with Gasteiger partial charge in [0, 0.05) is 37.1 Å². The van der Waals surface area contributed by atoms with Crippen molar-refractivity contribution >= 4 is 23.1 Å². The Morgan fingerprint density at radius 1 is 1.07 bits per heavy atom. The highest BCUT2D eigenvalue weighted by molar-refractivity contribution is 6.02. The summed E-state index contributed by atoms with van der Waals surface area (Å²) in [5.41, 5.74) is 2.25. The van der Waals surface area contributed by atoms with Crippen LogP contribution in [-0.2, 0) is 0 Å². The molecular formula is C22H31N5O. The third kappa shape index (κ3) is 4.61. The lowest BCUT2D eigenvalue weighted by atomic mass is 10.0. The van der Waals surface area contributed by atoms with Gasteiger partial charge in [-0.1, -0.05) is 6.92 Å². The molecule has 0 radical (unpaired) electrons. The first-order valence-corrected chi connectivity index (χ1v) is 10.4. The van der Waals surface area contributed by atoms with Crippen molar-refractivity contribution < 1.29 is 4.79 Å². The molecule has 1 aromatic carbocycles. The van der Waals surface area contributed by atoms with Gasteiger partial charge in [-0.25, -0.2) is 0 Å². The largest absolute Gasteiger partial charge is 0.372 e. The van der Waals surface area contributed by atoms with E-state index in [1.807, 2.05) is 30.3 Å². The summed E-state index contributed by atoms with van der Waals surface area (Å²) in [6.45, 7) is 9.41. The lowest BCUT2D eigenvalue weighted by molar-refractivity contribution is 0.102. The second-order valence-corrected chi connectivity index (χ2v) is 7.20. The summed E-state index contributed by atoms with van der Waals surface area (Å²) < 4.78 is 0. The van der Waals surface area contributed by atoms with Gasteiger partial charge in [-0.3, -0.25) is 4.79 Å². The van der Waals surface area contributed by atoms with Crippen LogP contribution < -0.4 is 15.1 Å². The van der Waals surface area contributed by atoms with E-state index in [4.69, 9.17) is 0 Å². The minimum Gasteiger partial charge on any atom is -0.372 e. The molecule has 2 aromatic rings. The van der Waals surface area contributed by atoms with Gasteiger partial charge in [-0.2, -0.15) is 0 Å². The lowest BCUT2D eigenvalue weighted by Crippen LogP contribution is -2.39. The van der Waals surface area contributed by atoms with Crippen molar-refractivity contribution in [1.82, 2.24) is 10.2 Å². The molecule has 1 aromatic heterocycles. The van der Waals surface area contributed by atoms with Crippen molar-refractivity contribution in [3.8, 4) is 0 Å². The first kappa shape index (κ1) is 20.1. The summed E-state index contributed by atoms with van der Waals surface area (Å²) in [5, 5.41) is 11.4. The second kappa shape index (κ2) is 9.53. The van der Waals surface area contributed by atoms with Crippen LogP contribution in [0.5, 0.6) is 0 Å². The summed E-state index contributed by atoms with van der Waals surface area (Å²) >= 11 is 0. The van der Waals surface area contributed by atoms with E-state index in [2.05, 4.69) is 46.1 Å². The smallest absolute Gasteiger partial charge is 0.276 e. The Hall–Kier alpha value is -2.63. The molecule has 28 heavy (non-hydrogen) atoms. The topological polar surface area (TPSA) is 61.4 Å². The Balaban J connectivity index is 1.64. The molecule has 1 atom stereocenters. The number of benzene rings is 1. The average molecular weight is 382 g/mol. The van der Waals surface area contributed by atoms with Crippen molar-refractivity contribution in [1.29, 1.82) is 0 Å². The van der Waals surface area contributed by atoms with E-state index in [1.54, 1.807) is 6.07 Å². The highest BCUT2D eigenvalue weighted by atomic mass is 16.1. The molecular weight excluding hydrogens is 350 g/mol. The van der Waals surface area contributed by atoms with E-state index in [1.165, 1.54) is 19.3 Å². The van der Waals surface area contributed by atoms with Crippen LogP contribution in [0.25, 0.3) is 0 Å². The molecule has 2 heterocycles. The number of piperidine rings is 1. The zero-order valence-electron chi connectivity index (χ0n) is 17.2. The van der Waals surface area contributed by atoms with E-state index in [-0.39, 0.29) is 5.91 Å². The minimum atomic E-state index is -0.236. The van der Waals surface area contributed by atoms with Gasteiger partial charge in [0.25, 0.3) is 5.91 Å². The summed E-state index contributed by atoms with van der Waals surface area (Å²) in [4.78, 5) is 17.1. The number of carbonyl (C=O) groups is 1. The summed E-state index contributed by atoms with van der Waals surface area (Å²) in [6.07, 6.45) is 4.76. The normalized spacial score (nSPS) is 16.7. The Morgan fingerprint density at radius 2 is 1.82 bits per heavy atom. The van der Waals surface area contributed by atoms with Crippen molar-refractivity contribution in [3.05, 3.63) is 42.1 Å². The fourth-order valence-corrected chi connectivity index (χ4v) is 3.87. The fraction of sp³-hybridized carbons (Fsp3) is 0.500. The molecule has 6 nitrogen and oxygen atoms in total. The van der Waals surface area contributed by atoms with Gasteiger partial charge < -0.3 is 15.1 Å². The van der Waals surface area contributed by atoms with Crippen LogP contribution in [0.3, 0.4) is 0 Å². The maximum Gasteiger partial charge on any atom is 0.276 e. The van der Waals surface area contributed by atoms with E-state index in [0.29, 0.717) is 11.7 Å². The summed E-state index contributed by atoms with van der Waals surface area (Å²) in [5.74, 6) is 0.631. The Morgan fingerprint density at radius 3 is 2.43 bits per heavy atom. The molecule has 1 N–H and O–H groups in total. The first-order chi connectivity index (χ1) is 13.7. The average Bonchev–Trinajstić information content (AvgIpc) is 2.76. The number of hydrogen-bond donors (Lipinski definition) is 1. The number of nitrogens with one attached hydrogen (secondary N) is 1. The molecule has 1 saturated heterocycles. The molecule has 1 fully saturated rings. The number of rotatable bonds is 7. The SMILES string of the molecule is CCC1CCCCN1c1ccc(C(=O)Nc2ccc(N(CC)CC)cc2)nn1. The molecule has 150 valence electrons. The van der Waals surface area contributed by atoms with Gasteiger partial charge in [0.1, 0.15) is 0 Å². The van der Waals surface area contributed by atoms with Crippen molar-refractivity contribution in [2.24, 2.45) is 0 Å². The number of aromatic nitrogens is 2. The van der Waals surface area contributed by atoms with Gasteiger partial charge in [0.15, 0.2) is 11.5 Å². The molecule has 1 amide bonds. The molecule has 0 bridgehead atoms. The van der Waals surface area contributed by atoms with Crippen molar-refractivity contribution in [2.75, 3.05) is 34.8 Å². The predicted molar refractivity (Wildman–Crippen MR) is 115 cm³/mol. The van der Waals surface area contributed by atoms with E-state index >= 15 is 0 Å². The molecule has 3 rings (SSSR count). The number of carbonyl (C=O) groups excluding carboxylic acids is 1. The molecule has 1 unspecified atom stereocenters. The summed E-state index contributed by atoms with van der Waals surface area (Å²) in [6, 6.07) is 12.1. The van der Waals surface area contributed by atoms with Crippen LogP contribution >= 0.6 is 0 Å². The number of anilines is 3. The third-order valence-corrected chi connectivity index (χ3v) is 5.53. The van der Waals surface area contributed by atoms with Gasteiger partial charge in [-0.15, -0.1) is 10.2 Å². The number of hydrogen-bond acceptors (Lipinski definition) is 5. The van der Waals surface area contributed by atoms with Gasteiger partial charge >= 0.3 is 0 Å². The van der Waals surface area contributed by atoms with Crippen LogP contribution in [0, 0.1) is 0 Å². The molecule has 6 heteroatoms. The van der Waals surface area contributed by atoms with Crippen molar-refractivity contribution in [2.45, 2.75) is 52.5 Å². The highest BCUT2D eigenvalue weighted by Crippen LogP contribution is 2.24. The van der Waals surface area contributed by atoms with Crippen LogP contribution in [0.1, 0.15) is 56.9 Å². The monoisotopic (exact) mass is 381 g/mol. The zero-order chi connectivity index (χ0) is 19.9. The van der Waals surface area contributed by atoms with E-state index in [9.17, 15) is 4.79 Å². The van der Waals surface area contributed by atoms with Gasteiger partial charge in [0.2, 0.25) is 0 Å². The van der Waals surface area contributed by atoms with Crippen molar-refractivity contribution in [3.63, 3.8) is 0 Å². The molecule has 1 aliphatic rings. The maximum absolute atomic E-state index is 12.5. The fourth-order valence-electron chi connectivity index (χ4n) is 3.87. The van der Waals surface area contributed by atoms with E-state index < -0.39 is 0 Å². The molecule has 0 aliphatic carbocycles. The standard InChI is InChI=1S/C22H31N5O/c1-4-18-9-7-8-16-27(18)21-15-14-20(24-25-21)22(28)23-17-10-12-19(13-11-17)26(5-2)6-3/h10-15,18H,4-9,16H2,1-3H3,(H,23,28). The van der Waals surface area contributed by atoms with Gasteiger partial charge in [-0.05, 0) is 75.9 Å². The predicted octanol–water partition coefficient (Wildman–Crippen LogP) is 4.34. The van der Waals surface area contributed by atoms with E-state index in [0.717, 1.165) is 43.2 Å². The Bertz CT molecular complexity index is 756. The minimum absolute atomic E-state index is 0.236. The molecule has 1 aliphatic heterocycles. The van der Waals surface area contributed by atoms with Gasteiger partial charge in [0.05, 0.1) is 0 Å². The van der Waals surface area contributed by atoms with Crippen LogP contribution in [-0.4, -0.2) is 41.8 Å². The quantitative estimate of drug-likeness (QED) is 0.773. The number of amides is 1. The first-order valence-electron chi connectivity index (χ1n) is 10.4. The summed E-state index contributed by atoms with van der Waals surface area (Å²) in [7, 11) is 0. The number of nitrogens with zero attached hydrogens (tertiary/aromatic N) is 4.